The first-order valence-corrected chi connectivity index (χ1v) is 6.77. The topological polar surface area (TPSA) is 88.2 Å². The van der Waals surface area contributed by atoms with Crippen LogP contribution in [-0.4, -0.2) is 51.9 Å². The molecule has 21 heavy (non-hydrogen) atoms. The van der Waals surface area contributed by atoms with E-state index in [1.54, 1.807) is 41.7 Å². The number of amides is 1. The largest absolute Gasteiger partial charge is 0.397 e. The Balaban J connectivity index is 1.66. The maximum atomic E-state index is 12.4. The second-order valence-corrected chi connectivity index (χ2v) is 4.77. The van der Waals surface area contributed by atoms with Crippen LogP contribution in [0, 0.1) is 0 Å². The van der Waals surface area contributed by atoms with Gasteiger partial charge in [-0.15, -0.1) is 0 Å². The van der Waals surface area contributed by atoms with Gasteiger partial charge in [0.1, 0.15) is 0 Å². The summed E-state index contributed by atoms with van der Waals surface area (Å²) in [6, 6.07) is 5.19. The van der Waals surface area contributed by atoms with Gasteiger partial charge in [0, 0.05) is 44.8 Å². The summed E-state index contributed by atoms with van der Waals surface area (Å²) in [4.78, 5) is 28.7. The molecule has 0 radical (unpaired) electrons. The van der Waals surface area contributed by atoms with Gasteiger partial charge in [0.15, 0.2) is 5.69 Å². The quantitative estimate of drug-likeness (QED) is 0.859. The zero-order valence-corrected chi connectivity index (χ0v) is 11.5. The molecule has 1 aliphatic rings. The summed E-state index contributed by atoms with van der Waals surface area (Å²) in [5.74, 6) is 0.573. The Morgan fingerprint density at radius 1 is 1.00 bits per heavy atom. The zero-order chi connectivity index (χ0) is 14.7. The molecule has 0 aromatic carbocycles. The molecule has 2 aromatic rings. The Morgan fingerprint density at radius 2 is 1.67 bits per heavy atom. The SMILES string of the molecule is Nc1cccnc1C(=O)N1CCN(c2ncccn2)CC1. The van der Waals surface area contributed by atoms with Crippen molar-refractivity contribution in [1.82, 2.24) is 19.9 Å². The first kappa shape index (κ1) is 13.3. The average Bonchev–Trinajstić information content (AvgIpc) is 2.56. The van der Waals surface area contributed by atoms with E-state index in [0.717, 1.165) is 0 Å². The molecule has 7 heteroatoms. The monoisotopic (exact) mass is 284 g/mol. The van der Waals surface area contributed by atoms with Gasteiger partial charge in [-0.3, -0.25) is 4.79 Å². The van der Waals surface area contributed by atoms with Gasteiger partial charge in [-0.05, 0) is 18.2 Å². The van der Waals surface area contributed by atoms with Gasteiger partial charge in [0.2, 0.25) is 5.95 Å². The smallest absolute Gasteiger partial charge is 0.274 e. The first-order valence-electron chi connectivity index (χ1n) is 6.77. The Labute approximate surface area is 122 Å². The zero-order valence-electron chi connectivity index (χ0n) is 11.5. The molecule has 1 fully saturated rings. The first-order chi connectivity index (χ1) is 10.3. The molecule has 0 aliphatic carbocycles. The van der Waals surface area contributed by atoms with Crippen LogP contribution in [0.25, 0.3) is 0 Å². The highest BCUT2D eigenvalue weighted by Gasteiger charge is 2.25. The third-order valence-corrected chi connectivity index (χ3v) is 3.44. The number of hydrogen-bond donors (Lipinski definition) is 1. The summed E-state index contributed by atoms with van der Waals surface area (Å²) >= 11 is 0. The number of pyridine rings is 1. The normalized spacial score (nSPS) is 15.0. The van der Waals surface area contributed by atoms with Crippen molar-refractivity contribution in [2.45, 2.75) is 0 Å². The number of carbonyl (C=O) groups excluding carboxylic acids is 1. The summed E-state index contributed by atoms with van der Waals surface area (Å²) in [7, 11) is 0. The molecule has 1 amide bonds. The molecular formula is C14H16N6O. The van der Waals surface area contributed by atoms with Crippen LogP contribution in [0.4, 0.5) is 11.6 Å². The average molecular weight is 284 g/mol. The van der Waals surface area contributed by atoms with E-state index in [9.17, 15) is 4.79 Å². The van der Waals surface area contributed by atoms with Crippen LogP contribution in [-0.2, 0) is 0 Å². The number of hydrogen-bond acceptors (Lipinski definition) is 6. The van der Waals surface area contributed by atoms with E-state index in [0.29, 0.717) is 43.5 Å². The van der Waals surface area contributed by atoms with Gasteiger partial charge in [0.05, 0.1) is 5.69 Å². The minimum Gasteiger partial charge on any atom is -0.397 e. The van der Waals surface area contributed by atoms with Crippen molar-refractivity contribution in [3.8, 4) is 0 Å². The fourth-order valence-corrected chi connectivity index (χ4v) is 2.31. The predicted molar refractivity (Wildman–Crippen MR) is 78.8 cm³/mol. The van der Waals surface area contributed by atoms with Crippen molar-refractivity contribution in [2.24, 2.45) is 0 Å². The van der Waals surface area contributed by atoms with Gasteiger partial charge in [-0.2, -0.15) is 0 Å². The third kappa shape index (κ3) is 2.76. The number of rotatable bonds is 2. The molecule has 3 rings (SSSR count). The summed E-state index contributed by atoms with van der Waals surface area (Å²) in [5, 5.41) is 0. The molecule has 2 aromatic heterocycles. The van der Waals surface area contributed by atoms with E-state index in [-0.39, 0.29) is 5.91 Å². The third-order valence-electron chi connectivity index (χ3n) is 3.44. The van der Waals surface area contributed by atoms with Gasteiger partial charge in [-0.25, -0.2) is 15.0 Å². The summed E-state index contributed by atoms with van der Waals surface area (Å²) in [6.07, 6.45) is 5.01. The fourth-order valence-electron chi connectivity index (χ4n) is 2.31. The van der Waals surface area contributed by atoms with E-state index < -0.39 is 0 Å². The number of nitrogen functional groups attached to an aromatic ring is 1. The van der Waals surface area contributed by atoms with E-state index in [1.165, 1.54) is 0 Å². The van der Waals surface area contributed by atoms with Crippen molar-refractivity contribution in [2.75, 3.05) is 36.8 Å². The Hall–Kier alpha value is -2.70. The molecule has 0 spiro atoms. The molecule has 108 valence electrons. The van der Waals surface area contributed by atoms with E-state index in [2.05, 4.69) is 19.9 Å². The van der Waals surface area contributed by atoms with Crippen molar-refractivity contribution < 1.29 is 4.79 Å². The lowest BCUT2D eigenvalue weighted by Gasteiger charge is -2.34. The minimum atomic E-state index is -0.123. The molecule has 3 heterocycles. The lowest BCUT2D eigenvalue weighted by molar-refractivity contribution is 0.0741. The molecule has 0 atom stereocenters. The van der Waals surface area contributed by atoms with Crippen molar-refractivity contribution in [3.63, 3.8) is 0 Å². The van der Waals surface area contributed by atoms with Crippen LogP contribution in [0.3, 0.4) is 0 Å². The highest BCUT2D eigenvalue weighted by atomic mass is 16.2. The predicted octanol–water partition coefficient (Wildman–Crippen LogP) is 0.416. The molecule has 2 N–H and O–H groups in total. The van der Waals surface area contributed by atoms with Crippen LogP contribution >= 0.6 is 0 Å². The maximum absolute atomic E-state index is 12.4. The van der Waals surface area contributed by atoms with Crippen LogP contribution in [0.2, 0.25) is 0 Å². The highest BCUT2D eigenvalue weighted by molar-refractivity contribution is 5.97. The summed E-state index contributed by atoms with van der Waals surface area (Å²) < 4.78 is 0. The number of nitrogens with zero attached hydrogens (tertiary/aromatic N) is 5. The number of aromatic nitrogens is 3. The van der Waals surface area contributed by atoms with E-state index in [1.807, 2.05) is 0 Å². The molecule has 1 saturated heterocycles. The van der Waals surface area contributed by atoms with Crippen LogP contribution in [0.1, 0.15) is 10.5 Å². The van der Waals surface area contributed by atoms with Crippen LogP contribution in [0.5, 0.6) is 0 Å². The second-order valence-electron chi connectivity index (χ2n) is 4.77. The van der Waals surface area contributed by atoms with Gasteiger partial charge in [-0.1, -0.05) is 0 Å². The van der Waals surface area contributed by atoms with E-state index >= 15 is 0 Å². The molecule has 7 nitrogen and oxygen atoms in total. The van der Waals surface area contributed by atoms with Crippen LogP contribution < -0.4 is 10.6 Å². The molecule has 0 unspecified atom stereocenters. The van der Waals surface area contributed by atoms with Crippen molar-refractivity contribution in [3.05, 3.63) is 42.5 Å². The maximum Gasteiger partial charge on any atom is 0.274 e. The van der Waals surface area contributed by atoms with Crippen molar-refractivity contribution >= 4 is 17.5 Å². The highest BCUT2D eigenvalue weighted by Crippen LogP contribution is 2.14. The van der Waals surface area contributed by atoms with Gasteiger partial charge < -0.3 is 15.5 Å². The summed E-state index contributed by atoms with van der Waals surface area (Å²) in [6.45, 7) is 2.60. The molecular weight excluding hydrogens is 268 g/mol. The number of carbonyl (C=O) groups is 1. The van der Waals surface area contributed by atoms with Gasteiger partial charge >= 0.3 is 0 Å². The Kier molecular flexibility index (Phi) is 3.63. The molecule has 1 aliphatic heterocycles. The lowest BCUT2D eigenvalue weighted by Crippen LogP contribution is -2.49. The number of anilines is 2. The van der Waals surface area contributed by atoms with Crippen LogP contribution in [0.15, 0.2) is 36.8 Å². The Morgan fingerprint density at radius 3 is 2.33 bits per heavy atom. The molecule has 0 saturated carbocycles. The van der Waals surface area contributed by atoms with Gasteiger partial charge in [0.25, 0.3) is 5.91 Å². The van der Waals surface area contributed by atoms with E-state index in [4.69, 9.17) is 5.73 Å². The molecule has 0 bridgehead atoms. The van der Waals surface area contributed by atoms with Crippen molar-refractivity contribution in [1.29, 1.82) is 0 Å². The second kappa shape index (κ2) is 5.74. The minimum absolute atomic E-state index is 0.123. The Bertz CT molecular complexity index is 624. The lowest BCUT2D eigenvalue weighted by atomic mass is 10.2. The number of piperazine rings is 1. The standard InChI is InChI=1S/C14H16N6O/c15-11-3-1-4-16-12(11)13(21)19-7-9-20(10-8-19)14-17-5-2-6-18-14/h1-6H,7-10,15H2. The number of nitrogens with two attached hydrogens (primary N) is 1. The fraction of sp³-hybridized carbons (Fsp3) is 0.286. The summed E-state index contributed by atoms with van der Waals surface area (Å²) in [5.41, 5.74) is 6.54.